The SMILES string of the molecule is CC(C)N(C)S(=O)(=O)c1ccc(CNC(=O)C23CC4CC(CC(C4)C2)C3)cc1. The van der Waals surface area contributed by atoms with Crippen LogP contribution in [0.2, 0.25) is 0 Å². The molecule has 4 saturated carbocycles. The molecule has 0 aliphatic heterocycles. The molecule has 4 bridgehead atoms. The third-order valence-corrected chi connectivity index (χ3v) is 9.35. The topological polar surface area (TPSA) is 66.5 Å². The maximum atomic E-state index is 13.0. The lowest BCUT2D eigenvalue weighted by atomic mass is 9.49. The highest BCUT2D eigenvalue weighted by Crippen LogP contribution is 2.60. The average Bonchev–Trinajstić information content (AvgIpc) is 2.64. The minimum absolute atomic E-state index is 0.0933. The molecule has 28 heavy (non-hydrogen) atoms. The quantitative estimate of drug-likeness (QED) is 0.788. The number of hydrogen-bond acceptors (Lipinski definition) is 3. The van der Waals surface area contributed by atoms with E-state index in [9.17, 15) is 13.2 Å². The van der Waals surface area contributed by atoms with E-state index in [1.807, 2.05) is 13.8 Å². The van der Waals surface area contributed by atoms with Gasteiger partial charge in [-0.3, -0.25) is 4.79 Å². The Morgan fingerprint density at radius 3 is 2.04 bits per heavy atom. The van der Waals surface area contributed by atoms with Crippen molar-refractivity contribution < 1.29 is 13.2 Å². The number of carbonyl (C=O) groups excluding carboxylic acids is 1. The van der Waals surface area contributed by atoms with Crippen molar-refractivity contribution in [3.8, 4) is 0 Å². The van der Waals surface area contributed by atoms with E-state index in [1.54, 1.807) is 31.3 Å². The molecule has 1 amide bonds. The first-order chi connectivity index (χ1) is 13.2. The van der Waals surface area contributed by atoms with Crippen molar-refractivity contribution in [2.75, 3.05) is 7.05 Å². The summed E-state index contributed by atoms with van der Waals surface area (Å²) in [6.45, 7) is 4.17. The summed E-state index contributed by atoms with van der Waals surface area (Å²) in [5, 5.41) is 3.16. The molecular formula is C22H32N2O3S. The van der Waals surface area contributed by atoms with E-state index in [0.29, 0.717) is 11.4 Å². The average molecular weight is 405 g/mol. The molecule has 4 aliphatic rings. The molecular weight excluding hydrogens is 372 g/mol. The van der Waals surface area contributed by atoms with Crippen LogP contribution in [0.25, 0.3) is 0 Å². The molecule has 0 aromatic heterocycles. The third-order valence-electron chi connectivity index (χ3n) is 7.30. The van der Waals surface area contributed by atoms with Gasteiger partial charge in [-0.05, 0) is 87.8 Å². The zero-order chi connectivity index (χ0) is 20.1. The standard InChI is InChI=1S/C22H32N2O3S/c1-15(2)24(3)28(26,27)20-6-4-16(5-7-20)14-23-21(25)22-11-17-8-18(12-22)10-19(9-17)13-22/h4-7,15,17-19H,8-14H2,1-3H3,(H,23,25). The number of carbonyl (C=O) groups is 1. The van der Waals surface area contributed by atoms with Crippen LogP contribution in [0.5, 0.6) is 0 Å². The Balaban J connectivity index is 1.40. The molecule has 0 unspecified atom stereocenters. The van der Waals surface area contributed by atoms with Gasteiger partial charge in [0.2, 0.25) is 15.9 Å². The largest absolute Gasteiger partial charge is 0.352 e. The van der Waals surface area contributed by atoms with Crippen LogP contribution in [-0.4, -0.2) is 31.7 Å². The maximum Gasteiger partial charge on any atom is 0.243 e. The van der Waals surface area contributed by atoms with Gasteiger partial charge in [-0.25, -0.2) is 8.42 Å². The summed E-state index contributed by atoms with van der Waals surface area (Å²) in [6, 6.07) is 6.80. The van der Waals surface area contributed by atoms with Gasteiger partial charge in [-0.2, -0.15) is 4.31 Å². The second-order valence-corrected chi connectivity index (χ2v) is 11.6. The fraction of sp³-hybridized carbons (Fsp3) is 0.682. The first-order valence-corrected chi connectivity index (χ1v) is 12.0. The van der Waals surface area contributed by atoms with Gasteiger partial charge in [0, 0.05) is 25.0 Å². The fourth-order valence-corrected chi connectivity index (χ4v) is 7.35. The van der Waals surface area contributed by atoms with Gasteiger partial charge in [-0.15, -0.1) is 0 Å². The van der Waals surface area contributed by atoms with Gasteiger partial charge in [0.15, 0.2) is 0 Å². The Hall–Kier alpha value is -1.40. The smallest absolute Gasteiger partial charge is 0.243 e. The Morgan fingerprint density at radius 1 is 1.07 bits per heavy atom. The second-order valence-electron chi connectivity index (χ2n) is 9.64. The fourth-order valence-electron chi connectivity index (χ4n) is 5.98. The molecule has 4 fully saturated rings. The first kappa shape index (κ1) is 19.9. The number of hydrogen-bond donors (Lipinski definition) is 1. The van der Waals surface area contributed by atoms with Gasteiger partial charge < -0.3 is 5.32 Å². The minimum Gasteiger partial charge on any atom is -0.352 e. The monoisotopic (exact) mass is 404 g/mol. The van der Waals surface area contributed by atoms with Crippen molar-refractivity contribution in [3.63, 3.8) is 0 Å². The molecule has 5 nitrogen and oxygen atoms in total. The Bertz CT molecular complexity index is 810. The number of sulfonamides is 1. The molecule has 5 rings (SSSR count). The lowest BCUT2D eigenvalue weighted by Gasteiger charge is -2.55. The lowest BCUT2D eigenvalue weighted by molar-refractivity contribution is -0.146. The molecule has 1 aromatic carbocycles. The molecule has 1 aromatic rings. The Morgan fingerprint density at radius 2 is 1.57 bits per heavy atom. The van der Waals surface area contributed by atoms with Gasteiger partial charge >= 0.3 is 0 Å². The lowest BCUT2D eigenvalue weighted by Crippen LogP contribution is -2.53. The zero-order valence-corrected chi connectivity index (χ0v) is 18.0. The second kappa shape index (κ2) is 7.13. The molecule has 1 N–H and O–H groups in total. The van der Waals surface area contributed by atoms with E-state index < -0.39 is 10.0 Å². The highest BCUT2D eigenvalue weighted by Gasteiger charge is 2.54. The zero-order valence-electron chi connectivity index (χ0n) is 17.1. The van der Waals surface area contributed by atoms with Crippen molar-refractivity contribution in [1.82, 2.24) is 9.62 Å². The first-order valence-electron chi connectivity index (χ1n) is 10.5. The highest BCUT2D eigenvalue weighted by molar-refractivity contribution is 7.89. The summed E-state index contributed by atoms with van der Waals surface area (Å²) >= 11 is 0. The highest BCUT2D eigenvalue weighted by atomic mass is 32.2. The molecule has 4 aliphatic carbocycles. The summed E-state index contributed by atoms with van der Waals surface area (Å²) in [7, 11) is -1.87. The van der Waals surface area contributed by atoms with Crippen LogP contribution in [0.4, 0.5) is 0 Å². The van der Waals surface area contributed by atoms with Crippen molar-refractivity contribution in [2.45, 2.75) is 69.9 Å². The predicted molar refractivity (Wildman–Crippen MR) is 109 cm³/mol. The Labute approximate surface area is 168 Å². The number of amides is 1. The Kier molecular flexibility index (Phi) is 5.07. The van der Waals surface area contributed by atoms with Gasteiger partial charge in [0.25, 0.3) is 0 Å². The maximum absolute atomic E-state index is 13.0. The van der Waals surface area contributed by atoms with Gasteiger partial charge in [-0.1, -0.05) is 12.1 Å². The van der Waals surface area contributed by atoms with Gasteiger partial charge in [0.05, 0.1) is 4.90 Å². The van der Waals surface area contributed by atoms with Crippen LogP contribution in [0, 0.1) is 23.2 Å². The van der Waals surface area contributed by atoms with E-state index >= 15 is 0 Å². The predicted octanol–water partition coefficient (Wildman–Crippen LogP) is 3.55. The van der Waals surface area contributed by atoms with Crippen LogP contribution < -0.4 is 5.32 Å². The molecule has 0 heterocycles. The molecule has 6 heteroatoms. The van der Waals surface area contributed by atoms with Crippen LogP contribution in [-0.2, 0) is 21.4 Å². The molecule has 154 valence electrons. The van der Waals surface area contributed by atoms with E-state index in [-0.39, 0.29) is 17.4 Å². The minimum atomic E-state index is -3.47. The van der Waals surface area contributed by atoms with Crippen molar-refractivity contribution in [3.05, 3.63) is 29.8 Å². The van der Waals surface area contributed by atoms with E-state index in [2.05, 4.69) is 5.32 Å². The van der Waals surface area contributed by atoms with Crippen molar-refractivity contribution in [2.24, 2.45) is 23.2 Å². The van der Waals surface area contributed by atoms with Crippen LogP contribution in [0.15, 0.2) is 29.2 Å². The summed E-state index contributed by atoms with van der Waals surface area (Å²) in [4.78, 5) is 13.3. The van der Waals surface area contributed by atoms with Gasteiger partial charge in [0.1, 0.15) is 0 Å². The summed E-state index contributed by atoms with van der Waals surface area (Å²) in [5.74, 6) is 2.46. The number of benzene rings is 1. The number of nitrogens with one attached hydrogen (secondary N) is 1. The molecule has 0 atom stereocenters. The van der Waals surface area contributed by atoms with E-state index in [0.717, 1.165) is 42.6 Å². The number of nitrogens with zero attached hydrogens (tertiary/aromatic N) is 1. The van der Waals surface area contributed by atoms with E-state index in [4.69, 9.17) is 0 Å². The number of rotatable bonds is 6. The van der Waals surface area contributed by atoms with E-state index in [1.165, 1.54) is 23.6 Å². The molecule has 0 radical (unpaired) electrons. The van der Waals surface area contributed by atoms with Crippen LogP contribution >= 0.6 is 0 Å². The normalized spacial score (nSPS) is 31.5. The molecule has 0 spiro atoms. The summed E-state index contributed by atoms with van der Waals surface area (Å²) in [6.07, 6.45) is 7.16. The summed E-state index contributed by atoms with van der Waals surface area (Å²) in [5.41, 5.74) is 0.794. The van der Waals surface area contributed by atoms with Crippen molar-refractivity contribution >= 4 is 15.9 Å². The van der Waals surface area contributed by atoms with Crippen LogP contribution in [0.1, 0.15) is 57.9 Å². The van der Waals surface area contributed by atoms with Crippen molar-refractivity contribution in [1.29, 1.82) is 0 Å². The van der Waals surface area contributed by atoms with Crippen LogP contribution in [0.3, 0.4) is 0 Å². The molecule has 0 saturated heterocycles. The third kappa shape index (κ3) is 3.50. The summed E-state index contributed by atoms with van der Waals surface area (Å²) < 4.78 is 26.5.